The third-order valence-electron chi connectivity index (χ3n) is 4.17. The van der Waals surface area contributed by atoms with E-state index in [2.05, 4.69) is 10.6 Å². The molecule has 2 aromatic carbocycles. The predicted octanol–water partition coefficient (Wildman–Crippen LogP) is 3.35. The molecular formula is C18H16F3N3O4S. The number of nitrogens with one attached hydrogen (secondary N) is 3. The van der Waals surface area contributed by atoms with E-state index in [9.17, 15) is 31.2 Å². The van der Waals surface area contributed by atoms with Gasteiger partial charge in [-0.15, -0.1) is 0 Å². The molecule has 29 heavy (non-hydrogen) atoms. The third-order valence-corrected chi connectivity index (χ3v) is 5.54. The van der Waals surface area contributed by atoms with Crippen LogP contribution in [0.1, 0.15) is 24.5 Å². The summed E-state index contributed by atoms with van der Waals surface area (Å²) in [5.41, 5.74) is -0.979. The van der Waals surface area contributed by atoms with Crippen molar-refractivity contribution in [3.8, 4) is 0 Å². The number of sulfonamides is 1. The van der Waals surface area contributed by atoms with Crippen molar-refractivity contribution in [3.63, 3.8) is 0 Å². The smallest absolute Gasteiger partial charge is 0.326 e. The maximum atomic E-state index is 13.4. The van der Waals surface area contributed by atoms with Crippen LogP contribution in [0.2, 0.25) is 0 Å². The summed E-state index contributed by atoms with van der Waals surface area (Å²) in [6, 6.07) is 6.66. The molecule has 0 saturated heterocycles. The van der Waals surface area contributed by atoms with Gasteiger partial charge in [-0.3, -0.25) is 14.3 Å². The first-order valence-electron chi connectivity index (χ1n) is 8.40. The Labute approximate surface area is 164 Å². The Morgan fingerprint density at radius 1 is 1.10 bits per heavy atom. The summed E-state index contributed by atoms with van der Waals surface area (Å²) >= 11 is 0. The van der Waals surface area contributed by atoms with Crippen molar-refractivity contribution in [2.75, 3.05) is 15.4 Å². The van der Waals surface area contributed by atoms with Crippen molar-refractivity contribution in [1.29, 1.82) is 0 Å². The molecule has 1 aliphatic rings. The van der Waals surface area contributed by atoms with E-state index in [0.29, 0.717) is 23.7 Å². The largest absolute Gasteiger partial charge is 0.418 e. The Morgan fingerprint density at radius 3 is 2.48 bits per heavy atom. The van der Waals surface area contributed by atoms with Crippen molar-refractivity contribution in [2.45, 2.75) is 30.8 Å². The Kier molecular flexibility index (Phi) is 5.26. The monoisotopic (exact) mass is 427 g/mol. The van der Waals surface area contributed by atoms with Crippen LogP contribution >= 0.6 is 0 Å². The zero-order valence-electron chi connectivity index (χ0n) is 15.1. The number of aryl methyl sites for hydroxylation is 1. The van der Waals surface area contributed by atoms with E-state index in [4.69, 9.17) is 0 Å². The summed E-state index contributed by atoms with van der Waals surface area (Å²) in [5, 5.41) is 4.83. The number of alkyl halides is 3. The summed E-state index contributed by atoms with van der Waals surface area (Å²) < 4.78 is 67.5. The van der Waals surface area contributed by atoms with Gasteiger partial charge < -0.3 is 10.6 Å². The van der Waals surface area contributed by atoms with Gasteiger partial charge in [0, 0.05) is 24.7 Å². The second-order valence-electron chi connectivity index (χ2n) is 6.41. The molecule has 0 spiro atoms. The lowest BCUT2D eigenvalue weighted by molar-refractivity contribution is -0.137. The summed E-state index contributed by atoms with van der Waals surface area (Å²) in [6.45, 7) is 1.14. The topological polar surface area (TPSA) is 104 Å². The lowest BCUT2D eigenvalue weighted by Crippen LogP contribution is -2.21. The van der Waals surface area contributed by atoms with Gasteiger partial charge in [0.2, 0.25) is 11.8 Å². The molecule has 3 N–H and O–H groups in total. The van der Waals surface area contributed by atoms with E-state index < -0.39 is 33.4 Å². The second kappa shape index (κ2) is 7.39. The van der Waals surface area contributed by atoms with Crippen LogP contribution in [0.4, 0.5) is 30.2 Å². The molecule has 0 unspecified atom stereocenters. The van der Waals surface area contributed by atoms with E-state index in [1.54, 1.807) is 0 Å². The average molecular weight is 427 g/mol. The van der Waals surface area contributed by atoms with Crippen LogP contribution < -0.4 is 15.4 Å². The van der Waals surface area contributed by atoms with Crippen LogP contribution in [-0.2, 0) is 32.2 Å². The van der Waals surface area contributed by atoms with Crippen LogP contribution in [0, 0.1) is 0 Å². The summed E-state index contributed by atoms with van der Waals surface area (Å²) in [5.74, 6) is -0.757. The highest BCUT2D eigenvalue weighted by atomic mass is 32.2. The second-order valence-corrected chi connectivity index (χ2v) is 8.09. The molecular weight excluding hydrogens is 411 g/mol. The lowest BCUT2D eigenvalue weighted by Gasteiger charge is -2.19. The van der Waals surface area contributed by atoms with Gasteiger partial charge in [-0.2, -0.15) is 13.2 Å². The molecule has 2 amide bonds. The fraction of sp³-hybridized carbons (Fsp3) is 0.222. The highest BCUT2D eigenvalue weighted by Gasteiger charge is 2.35. The van der Waals surface area contributed by atoms with E-state index in [-0.39, 0.29) is 22.9 Å². The van der Waals surface area contributed by atoms with Crippen molar-refractivity contribution < 1.29 is 31.2 Å². The number of carbonyl (C=O) groups is 2. The molecule has 0 aliphatic carbocycles. The van der Waals surface area contributed by atoms with Crippen LogP contribution in [0.5, 0.6) is 0 Å². The molecule has 0 bridgehead atoms. The van der Waals surface area contributed by atoms with Gasteiger partial charge in [-0.05, 0) is 48.4 Å². The molecule has 3 rings (SSSR count). The normalized spacial score (nSPS) is 14.0. The van der Waals surface area contributed by atoms with E-state index in [1.165, 1.54) is 18.2 Å². The van der Waals surface area contributed by atoms with E-state index in [0.717, 1.165) is 19.1 Å². The molecule has 154 valence electrons. The first-order valence-corrected chi connectivity index (χ1v) is 9.88. The Hall–Kier alpha value is -3.08. The minimum Gasteiger partial charge on any atom is -0.326 e. The Morgan fingerprint density at radius 2 is 1.83 bits per heavy atom. The van der Waals surface area contributed by atoms with Gasteiger partial charge in [0.15, 0.2) is 0 Å². The quantitative estimate of drug-likeness (QED) is 0.696. The van der Waals surface area contributed by atoms with Crippen LogP contribution in [-0.4, -0.2) is 20.2 Å². The average Bonchev–Trinajstić information content (AvgIpc) is 2.61. The molecule has 0 radical (unpaired) electrons. The lowest BCUT2D eigenvalue weighted by atomic mass is 10.0. The number of halogens is 3. The molecule has 0 fully saturated rings. The number of benzene rings is 2. The zero-order valence-corrected chi connectivity index (χ0v) is 15.9. The SMILES string of the molecule is CC(=O)Nc1ccc(NS(=O)(=O)c2ccc3c(c2)CCC(=O)N3)c(C(F)(F)F)c1. The number of carbonyl (C=O) groups excluding carboxylic acids is 2. The Bertz CT molecular complexity index is 1100. The molecule has 0 saturated carbocycles. The third kappa shape index (κ3) is 4.67. The van der Waals surface area contributed by atoms with Crippen LogP contribution in [0.25, 0.3) is 0 Å². The minimum atomic E-state index is -4.85. The van der Waals surface area contributed by atoms with Gasteiger partial charge in [-0.25, -0.2) is 8.42 Å². The number of rotatable bonds is 4. The molecule has 1 aliphatic heterocycles. The number of hydrogen-bond donors (Lipinski definition) is 3. The van der Waals surface area contributed by atoms with Gasteiger partial charge in [0.05, 0.1) is 16.1 Å². The molecule has 11 heteroatoms. The van der Waals surface area contributed by atoms with Gasteiger partial charge in [-0.1, -0.05) is 0 Å². The van der Waals surface area contributed by atoms with Crippen LogP contribution in [0.15, 0.2) is 41.3 Å². The number of hydrogen-bond acceptors (Lipinski definition) is 4. The maximum absolute atomic E-state index is 13.4. The molecule has 0 atom stereocenters. The van der Waals surface area contributed by atoms with Crippen molar-refractivity contribution >= 4 is 38.9 Å². The van der Waals surface area contributed by atoms with E-state index >= 15 is 0 Å². The van der Waals surface area contributed by atoms with Gasteiger partial charge >= 0.3 is 6.18 Å². The summed E-state index contributed by atoms with van der Waals surface area (Å²) in [4.78, 5) is 22.3. The number of anilines is 3. The predicted molar refractivity (Wildman–Crippen MR) is 99.9 cm³/mol. The van der Waals surface area contributed by atoms with Crippen molar-refractivity contribution in [1.82, 2.24) is 0 Å². The highest BCUT2D eigenvalue weighted by molar-refractivity contribution is 7.92. The fourth-order valence-corrected chi connectivity index (χ4v) is 4.01. The molecule has 0 aromatic heterocycles. The molecule has 7 nitrogen and oxygen atoms in total. The molecule has 2 aromatic rings. The fourth-order valence-electron chi connectivity index (χ4n) is 2.88. The zero-order chi connectivity index (χ0) is 21.4. The number of amides is 2. The van der Waals surface area contributed by atoms with Crippen molar-refractivity contribution in [2.24, 2.45) is 0 Å². The van der Waals surface area contributed by atoms with E-state index in [1.807, 2.05) is 4.72 Å². The standard InChI is InChI=1S/C18H16F3N3O4S/c1-10(25)22-12-3-5-16(14(9-12)18(19,20)21)24-29(27,28)13-4-6-15-11(8-13)2-7-17(26)23-15/h3-6,8-9,24H,2,7H2,1H3,(H,22,25)(H,23,26). The van der Waals surface area contributed by atoms with Gasteiger partial charge in [0.1, 0.15) is 0 Å². The number of fused-ring (bicyclic) bond motifs is 1. The maximum Gasteiger partial charge on any atom is 0.418 e. The van der Waals surface area contributed by atoms with Gasteiger partial charge in [0.25, 0.3) is 10.0 Å². The molecule has 1 heterocycles. The highest BCUT2D eigenvalue weighted by Crippen LogP contribution is 2.37. The van der Waals surface area contributed by atoms with Crippen LogP contribution in [0.3, 0.4) is 0 Å². The minimum absolute atomic E-state index is 0.114. The Balaban J connectivity index is 1.96. The first kappa shape index (κ1) is 20.6. The summed E-state index contributed by atoms with van der Waals surface area (Å²) in [7, 11) is -4.33. The first-order chi connectivity index (χ1) is 13.5. The van der Waals surface area contributed by atoms with Crippen molar-refractivity contribution in [3.05, 3.63) is 47.5 Å². The summed E-state index contributed by atoms with van der Waals surface area (Å²) in [6.07, 6.45) is -4.34.